The molecule has 1 aromatic rings. The summed E-state index contributed by atoms with van der Waals surface area (Å²) in [7, 11) is 0. The Kier molecular flexibility index (Phi) is 3.93. The molecule has 2 saturated carbocycles. The van der Waals surface area contributed by atoms with Gasteiger partial charge in [0.25, 0.3) is 5.91 Å². The number of aryl methyl sites for hydroxylation is 1. The van der Waals surface area contributed by atoms with Crippen molar-refractivity contribution in [3.63, 3.8) is 0 Å². The highest BCUT2D eigenvalue weighted by atomic mass is 16.5. The molecular weight excluding hydrogens is 270 g/mol. The summed E-state index contributed by atoms with van der Waals surface area (Å²) in [4.78, 5) is 15.8. The summed E-state index contributed by atoms with van der Waals surface area (Å²) in [6.07, 6.45) is 3.08. The molecule has 2 aliphatic rings. The average molecular weight is 289 g/mol. The highest BCUT2D eigenvalue weighted by Crippen LogP contribution is 2.37. The fourth-order valence-electron chi connectivity index (χ4n) is 2.67. The highest BCUT2D eigenvalue weighted by Gasteiger charge is 2.36. The second kappa shape index (κ2) is 5.86. The molecule has 3 atom stereocenters. The van der Waals surface area contributed by atoms with Crippen LogP contribution >= 0.6 is 0 Å². The first kappa shape index (κ1) is 14.1. The fourth-order valence-corrected chi connectivity index (χ4v) is 2.67. The minimum atomic E-state index is -0.459. The summed E-state index contributed by atoms with van der Waals surface area (Å²) in [5.74, 6) is 6.95. The first-order valence-corrected chi connectivity index (χ1v) is 7.39. The first-order valence-electron chi connectivity index (χ1n) is 7.39. The Morgan fingerprint density at radius 1 is 1.48 bits per heavy atom. The zero-order valence-electron chi connectivity index (χ0n) is 12.0. The molecule has 6 nitrogen and oxygen atoms in total. The van der Waals surface area contributed by atoms with E-state index in [4.69, 9.17) is 4.52 Å². The number of hydrogen-bond donors (Lipinski definition) is 2. The second-order valence-electron chi connectivity index (χ2n) is 5.93. The fraction of sp³-hybridized carbons (Fsp3) is 0.667. The van der Waals surface area contributed by atoms with Gasteiger partial charge in [-0.25, -0.2) is 0 Å². The molecule has 2 N–H and O–H groups in total. The molecule has 21 heavy (non-hydrogen) atoms. The van der Waals surface area contributed by atoms with Crippen LogP contribution in [-0.4, -0.2) is 33.8 Å². The minimum Gasteiger partial charge on any atom is -0.393 e. The number of amides is 1. The predicted octanol–water partition coefficient (Wildman–Crippen LogP) is 0.762. The molecule has 0 spiro atoms. The molecule has 6 heteroatoms. The Labute approximate surface area is 123 Å². The van der Waals surface area contributed by atoms with E-state index in [2.05, 4.69) is 27.3 Å². The molecule has 112 valence electrons. The van der Waals surface area contributed by atoms with Crippen molar-refractivity contribution in [3.05, 3.63) is 11.7 Å². The Balaban J connectivity index is 1.50. The van der Waals surface area contributed by atoms with Gasteiger partial charge >= 0.3 is 0 Å². The summed E-state index contributed by atoms with van der Waals surface area (Å²) < 4.78 is 5.16. The summed E-state index contributed by atoms with van der Waals surface area (Å²) >= 11 is 0. The molecule has 0 radical (unpaired) electrons. The zero-order chi connectivity index (χ0) is 14.8. The Morgan fingerprint density at radius 2 is 2.29 bits per heavy atom. The maximum atomic E-state index is 11.6. The van der Waals surface area contributed by atoms with Gasteiger partial charge in [0, 0.05) is 24.3 Å². The molecule has 2 aliphatic carbocycles. The number of aromatic nitrogens is 2. The van der Waals surface area contributed by atoms with Crippen LogP contribution in [0.1, 0.15) is 43.3 Å². The summed E-state index contributed by atoms with van der Waals surface area (Å²) in [5.41, 5.74) is 0. The van der Waals surface area contributed by atoms with Crippen molar-refractivity contribution in [1.82, 2.24) is 15.5 Å². The molecular formula is C15H19N3O3. The van der Waals surface area contributed by atoms with Crippen molar-refractivity contribution < 1.29 is 14.4 Å². The van der Waals surface area contributed by atoms with Crippen LogP contribution in [0.15, 0.2) is 4.52 Å². The monoisotopic (exact) mass is 289 g/mol. The molecule has 1 aromatic heterocycles. The van der Waals surface area contributed by atoms with Crippen LogP contribution < -0.4 is 5.32 Å². The molecule has 2 fully saturated rings. The molecule has 0 aliphatic heterocycles. The van der Waals surface area contributed by atoms with E-state index in [0.29, 0.717) is 30.6 Å². The number of hydrogen-bond acceptors (Lipinski definition) is 5. The second-order valence-corrected chi connectivity index (χ2v) is 5.93. The van der Waals surface area contributed by atoms with Gasteiger partial charge in [-0.15, -0.1) is 0 Å². The molecule has 3 rings (SSSR count). The SMILES string of the molecule is Cc1noc([C@H]2C[C@H](CNC(=O)C#CC3CC3)[C@H](O)C2)n1. The molecule has 0 unspecified atom stereocenters. The smallest absolute Gasteiger partial charge is 0.295 e. The Morgan fingerprint density at radius 3 is 2.95 bits per heavy atom. The quantitative estimate of drug-likeness (QED) is 0.802. The maximum absolute atomic E-state index is 11.6. The Hall–Kier alpha value is -1.87. The van der Waals surface area contributed by atoms with E-state index in [1.807, 2.05) is 0 Å². The Bertz CT molecular complexity index is 582. The van der Waals surface area contributed by atoms with E-state index in [0.717, 1.165) is 19.3 Å². The number of aliphatic hydroxyl groups is 1. The van der Waals surface area contributed by atoms with E-state index >= 15 is 0 Å². The molecule has 0 saturated heterocycles. The number of nitrogens with zero attached hydrogens (tertiary/aromatic N) is 2. The number of rotatable bonds is 3. The van der Waals surface area contributed by atoms with Crippen molar-refractivity contribution in [2.45, 2.75) is 44.6 Å². The third-order valence-corrected chi connectivity index (χ3v) is 4.04. The van der Waals surface area contributed by atoms with Crippen molar-refractivity contribution in [1.29, 1.82) is 0 Å². The van der Waals surface area contributed by atoms with Crippen molar-refractivity contribution in [2.24, 2.45) is 11.8 Å². The van der Waals surface area contributed by atoms with Gasteiger partial charge in [0.05, 0.1) is 6.10 Å². The van der Waals surface area contributed by atoms with Gasteiger partial charge in [0.1, 0.15) is 0 Å². The summed E-state index contributed by atoms with van der Waals surface area (Å²) in [5, 5.41) is 16.6. The minimum absolute atomic E-state index is 0.00822. The van der Waals surface area contributed by atoms with Gasteiger partial charge < -0.3 is 14.9 Å². The first-order chi connectivity index (χ1) is 10.1. The van der Waals surface area contributed by atoms with Gasteiger partial charge in [-0.3, -0.25) is 4.79 Å². The van der Waals surface area contributed by atoms with Crippen molar-refractivity contribution in [2.75, 3.05) is 6.54 Å². The number of carbonyl (C=O) groups is 1. The number of aliphatic hydroxyl groups excluding tert-OH is 1. The highest BCUT2D eigenvalue weighted by molar-refractivity contribution is 5.93. The van der Waals surface area contributed by atoms with E-state index < -0.39 is 6.10 Å². The van der Waals surface area contributed by atoms with Crippen molar-refractivity contribution >= 4 is 5.91 Å². The van der Waals surface area contributed by atoms with Crippen LogP contribution in [-0.2, 0) is 4.79 Å². The summed E-state index contributed by atoms with van der Waals surface area (Å²) in [6.45, 7) is 2.21. The maximum Gasteiger partial charge on any atom is 0.295 e. The van der Waals surface area contributed by atoms with E-state index in [9.17, 15) is 9.90 Å². The van der Waals surface area contributed by atoms with Gasteiger partial charge in [-0.1, -0.05) is 11.1 Å². The zero-order valence-corrected chi connectivity index (χ0v) is 12.0. The molecule has 0 bridgehead atoms. The van der Waals surface area contributed by atoms with Gasteiger partial charge in [0.2, 0.25) is 5.89 Å². The van der Waals surface area contributed by atoms with E-state index in [-0.39, 0.29) is 17.7 Å². The van der Waals surface area contributed by atoms with Crippen LogP contribution in [0.3, 0.4) is 0 Å². The molecule has 0 aromatic carbocycles. The normalized spacial score (nSPS) is 28.0. The lowest BCUT2D eigenvalue weighted by Crippen LogP contribution is -2.31. The predicted molar refractivity (Wildman–Crippen MR) is 74.0 cm³/mol. The average Bonchev–Trinajstić information content (AvgIpc) is 3.08. The number of nitrogens with one attached hydrogen (secondary N) is 1. The topological polar surface area (TPSA) is 88.2 Å². The van der Waals surface area contributed by atoms with E-state index in [1.54, 1.807) is 6.92 Å². The van der Waals surface area contributed by atoms with Crippen LogP contribution in [0, 0.1) is 30.6 Å². The number of carbonyl (C=O) groups excluding carboxylic acids is 1. The van der Waals surface area contributed by atoms with E-state index in [1.165, 1.54) is 0 Å². The van der Waals surface area contributed by atoms with Gasteiger partial charge in [-0.05, 0) is 38.5 Å². The van der Waals surface area contributed by atoms with Crippen LogP contribution in [0.2, 0.25) is 0 Å². The lowest BCUT2D eigenvalue weighted by Gasteiger charge is -2.13. The lowest BCUT2D eigenvalue weighted by atomic mass is 10.0. The van der Waals surface area contributed by atoms with Crippen LogP contribution in [0.5, 0.6) is 0 Å². The van der Waals surface area contributed by atoms with Gasteiger partial charge in [-0.2, -0.15) is 4.98 Å². The standard InChI is InChI=1S/C15H19N3O3/c1-9-17-15(21-18-9)11-6-12(13(19)7-11)8-16-14(20)5-4-10-2-3-10/h10-13,19H,2-3,6-8H2,1H3,(H,16,20)/t11-,12+,13+/m0/s1. The summed E-state index contributed by atoms with van der Waals surface area (Å²) in [6, 6.07) is 0. The van der Waals surface area contributed by atoms with Crippen LogP contribution in [0.4, 0.5) is 0 Å². The lowest BCUT2D eigenvalue weighted by molar-refractivity contribution is -0.116. The third-order valence-electron chi connectivity index (χ3n) is 4.04. The van der Waals surface area contributed by atoms with Crippen LogP contribution in [0.25, 0.3) is 0 Å². The van der Waals surface area contributed by atoms with Crippen molar-refractivity contribution in [3.8, 4) is 11.8 Å². The van der Waals surface area contributed by atoms with Gasteiger partial charge in [0.15, 0.2) is 5.82 Å². The largest absolute Gasteiger partial charge is 0.393 e. The molecule has 1 amide bonds. The third kappa shape index (κ3) is 3.61. The molecule has 1 heterocycles.